The van der Waals surface area contributed by atoms with Crippen LogP contribution >= 0.6 is 0 Å². The molecule has 0 amide bonds. The van der Waals surface area contributed by atoms with Crippen LogP contribution < -0.4 is 14.8 Å². The summed E-state index contributed by atoms with van der Waals surface area (Å²) in [4.78, 5) is 0. The third-order valence-corrected chi connectivity index (χ3v) is 2.72. The van der Waals surface area contributed by atoms with Crippen molar-refractivity contribution in [1.29, 1.82) is 0 Å². The molecule has 1 unspecified atom stereocenters. The highest BCUT2D eigenvalue weighted by molar-refractivity contribution is 5.60. The molecule has 0 bridgehead atoms. The molecule has 0 saturated carbocycles. The minimum atomic E-state index is 0.316. The number of rotatable bonds is 9. The number of ether oxygens (including phenoxy) is 3. The molecule has 1 atom stereocenters. The SMILES string of the molecule is CCOc1ccc(OCC)c(NC(C)CCOC)c1. The largest absolute Gasteiger partial charge is 0.494 e. The molecule has 19 heavy (non-hydrogen) atoms. The number of nitrogens with one attached hydrogen (secondary N) is 1. The second kappa shape index (κ2) is 8.64. The first-order valence-electron chi connectivity index (χ1n) is 6.86. The molecule has 0 aliphatic heterocycles. The van der Waals surface area contributed by atoms with Gasteiger partial charge in [-0.2, -0.15) is 0 Å². The monoisotopic (exact) mass is 267 g/mol. The zero-order chi connectivity index (χ0) is 14.1. The molecule has 4 nitrogen and oxygen atoms in total. The summed E-state index contributed by atoms with van der Waals surface area (Å²) in [6.07, 6.45) is 0.945. The van der Waals surface area contributed by atoms with E-state index in [-0.39, 0.29) is 0 Å². The van der Waals surface area contributed by atoms with Gasteiger partial charge in [0.1, 0.15) is 11.5 Å². The number of hydrogen-bond acceptors (Lipinski definition) is 4. The fraction of sp³-hybridized carbons (Fsp3) is 0.600. The van der Waals surface area contributed by atoms with Gasteiger partial charge in [0.15, 0.2) is 0 Å². The first-order chi connectivity index (χ1) is 9.21. The summed E-state index contributed by atoms with van der Waals surface area (Å²) in [6.45, 7) is 8.13. The minimum absolute atomic E-state index is 0.316. The molecular weight excluding hydrogens is 242 g/mol. The molecule has 108 valence electrons. The lowest BCUT2D eigenvalue weighted by Crippen LogP contribution is -2.18. The highest BCUT2D eigenvalue weighted by Crippen LogP contribution is 2.30. The smallest absolute Gasteiger partial charge is 0.142 e. The van der Waals surface area contributed by atoms with Gasteiger partial charge < -0.3 is 19.5 Å². The Kier molecular flexibility index (Phi) is 7.11. The Bertz CT molecular complexity index is 368. The Morgan fingerprint density at radius 1 is 1.16 bits per heavy atom. The molecule has 1 N–H and O–H groups in total. The Hall–Kier alpha value is -1.42. The standard InChI is InChI=1S/C15H25NO3/c1-5-18-13-7-8-15(19-6-2)14(11-13)16-12(3)9-10-17-4/h7-8,11-12,16H,5-6,9-10H2,1-4H3. The second-order valence-corrected chi connectivity index (χ2v) is 4.35. The number of hydrogen-bond donors (Lipinski definition) is 1. The summed E-state index contributed by atoms with van der Waals surface area (Å²) in [5.41, 5.74) is 0.969. The van der Waals surface area contributed by atoms with Crippen molar-refractivity contribution in [2.75, 3.05) is 32.2 Å². The Morgan fingerprint density at radius 2 is 1.89 bits per heavy atom. The van der Waals surface area contributed by atoms with E-state index in [1.54, 1.807) is 7.11 Å². The van der Waals surface area contributed by atoms with Crippen molar-refractivity contribution in [3.05, 3.63) is 18.2 Å². The van der Waals surface area contributed by atoms with E-state index in [1.807, 2.05) is 32.0 Å². The number of methoxy groups -OCH3 is 1. The van der Waals surface area contributed by atoms with Crippen molar-refractivity contribution in [3.8, 4) is 11.5 Å². The molecule has 0 aliphatic rings. The third-order valence-electron chi connectivity index (χ3n) is 2.72. The molecule has 0 spiro atoms. The lowest BCUT2D eigenvalue weighted by molar-refractivity contribution is 0.191. The van der Waals surface area contributed by atoms with Crippen LogP contribution in [0, 0.1) is 0 Å². The van der Waals surface area contributed by atoms with Gasteiger partial charge in [-0.05, 0) is 39.3 Å². The quantitative estimate of drug-likeness (QED) is 0.745. The van der Waals surface area contributed by atoms with Crippen molar-refractivity contribution in [1.82, 2.24) is 0 Å². The molecule has 0 heterocycles. The first kappa shape index (κ1) is 15.6. The Balaban J connectivity index is 2.77. The number of benzene rings is 1. The van der Waals surface area contributed by atoms with Gasteiger partial charge in [-0.15, -0.1) is 0 Å². The molecule has 0 aromatic heterocycles. The van der Waals surface area contributed by atoms with Gasteiger partial charge >= 0.3 is 0 Å². The summed E-state index contributed by atoms with van der Waals surface area (Å²) >= 11 is 0. The topological polar surface area (TPSA) is 39.7 Å². The molecule has 0 fully saturated rings. The van der Waals surface area contributed by atoms with Crippen LogP contribution in [0.15, 0.2) is 18.2 Å². The normalized spacial score (nSPS) is 12.0. The van der Waals surface area contributed by atoms with Crippen LogP contribution in [0.1, 0.15) is 27.2 Å². The predicted octanol–water partition coefficient (Wildman–Crippen LogP) is 3.32. The average Bonchev–Trinajstić information content (AvgIpc) is 2.40. The zero-order valence-electron chi connectivity index (χ0n) is 12.4. The van der Waals surface area contributed by atoms with E-state index in [4.69, 9.17) is 14.2 Å². The van der Waals surface area contributed by atoms with Gasteiger partial charge in [0.2, 0.25) is 0 Å². The zero-order valence-corrected chi connectivity index (χ0v) is 12.4. The Labute approximate surface area is 116 Å². The van der Waals surface area contributed by atoms with Crippen LogP contribution in [0.3, 0.4) is 0 Å². The van der Waals surface area contributed by atoms with Crippen molar-refractivity contribution < 1.29 is 14.2 Å². The maximum absolute atomic E-state index is 5.63. The summed E-state index contributed by atoms with van der Waals surface area (Å²) in [5, 5.41) is 3.44. The van der Waals surface area contributed by atoms with Crippen LogP contribution in [0.25, 0.3) is 0 Å². The van der Waals surface area contributed by atoms with E-state index in [1.165, 1.54) is 0 Å². The minimum Gasteiger partial charge on any atom is -0.494 e. The predicted molar refractivity (Wildman–Crippen MR) is 78.4 cm³/mol. The summed E-state index contributed by atoms with van der Waals surface area (Å²) in [5.74, 6) is 1.71. The first-order valence-corrected chi connectivity index (χ1v) is 6.86. The van der Waals surface area contributed by atoms with E-state index in [2.05, 4.69) is 12.2 Å². The van der Waals surface area contributed by atoms with E-state index in [0.717, 1.165) is 30.2 Å². The molecule has 0 radical (unpaired) electrons. The lowest BCUT2D eigenvalue weighted by Gasteiger charge is -2.18. The van der Waals surface area contributed by atoms with E-state index >= 15 is 0 Å². The van der Waals surface area contributed by atoms with E-state index < -0.39 is 0 Å². The van der Waals surface area contributed by atoms with E-state index in [0.29, 0.717) is 19.3 Å². The highest BCUT2D eigenvalue weighted by atomic mass is 16.5. The van der Waals surface area contributed by atoms with Gasteiger partial charge in [0, 0.05) is 25.8 Å². The van der Waals surface area contributed by atoms with Crippen molar-refractivity contribution >= 4 is 5.69 Å². The molecule has 0 saturated heterocycles. The molecular formula is C15H25NO3. The summed E-state index contributed by atoms with van der Waals surface area (Å²) < 4.78 is 16.2. The van der Waals surface area contributed by atoms with Crippen LogP contribution in [-0.2, 0) is 4.74 Å². The van der Waals surface area contributed by atoms with Gasteiger partial charge in [-0.25, -0.2) is 0 Å². The fourth-order valence-electron chi connectivity index (χ4n) is 1.79. The van der Waals surface area contributed by atoms with E-state index in [9.17, 15) is 0 Å². The van der Waals surface area contributed by atoms with Crippen LogP contribution in [0.2, 0.25) is 0 Å². The van der Waals surface area contributed by atoms with Crippen LogP contribution in [0.5, 0.6) is 11.5 Å². The van der Waals surface area contributed by atoms with Crippen molar-refractivity contribution in [3.63, 3.8) is 0 Å². The number of anilines is 1. The van der Waals surface area contributed by atoms with Crippen molar-refractivity contribution in [2.45, 2.75) is 33.2 Å². The summed E-state index contributed by atoms with van der Waals surface area (Å²) in [7, 11) is 1.72. The fourth-order valence-corrected chi connectivity index (χ4v) is 1.79. The highest BCUT2D eigenvalue weighted by Gasteiger charge is 2.09. The molecule has 0 aliphatic carbocycles. The van der Waals surface area contributed by atoms with Crippen LogP contribution in [-0.4, -0.2) is 33.0 Å². The Morgan fingerprint density at radius 3 is 2.53 bits per heavy atom. The van der Waals surface area contributed by atoms with Gasteiger partial charge in [-0.1, -0.05) is 0 Å². The van der Waals surface area contributed by atoms with Gasteiger partial charge in [0.25, 0.3) is 0 Å². The van der Waals surface area contributed by atoms with Gasteiger partial charge in [0.05, 0.1) is 18.9 Å². The average molecular weight is 267 g/mol. The van der Waals surface area contributed by atoms with Gasteiger partial charge in [-0.3, -0.25) is 0 Å². The maximum Gasteiger partial charge on any atom is 0.142 e. The molecule has 1 aromatic carbocycles. The third kappa shape index (κ3) is 5.39. The maximum atomic E-state index is 5.63. The summed E-state index contributed by atoms with van der Waals surface area (Å²) in [6, 6.07) is 6.17. The molecule has 1 aromatic rings. The second-order valence-electron chi connectivity index (χ2n) is 4.35. The van der Waals surface area contributed by atoms with Crippen molar-refractivity contribution in [2.24, 2.45) is 0 Å². The molecule has 4 heteroatoms. The van der Waals surface area contributed by atoms with Crippen LogP contribution in [0.4, 0.5) is 5.69 Å². The lowest BCUT2D eigenvalue weighted by atomic mass is 10.2. The molecule has 1 rings (SSSR count).